The van der Waals surface area contributed by atoms with Crippen LogP contribution in [0.5, 0.6) is 0 Å². The Labute approximate surface area is 283 Å². The van der Waals surface area contributed by atoms with Crippen LogP contribution in [0.25, 0.3) is 0 Å². The molecule has 268 valence electrons. The van der Waals surface area contributed by atoms with Crippen LogP contribution in [0.4, 0.5) is 0 Å². The molecule has 0 bridgehead atoms. The SMILES string of the molecule is C.C.CC.CC.CC.CC.CC.CC.CC.CC.CC.CC.CC.CC.CCCC.CCS(C)(=O)=O.[2HH].[2HH].[2HH].[2HH].[B].[B].[B].[B]. The number of sulfone groups is 1. The van der Waals surface area contributed by atoms with Gasteiger partial charge in [0.05, 0.1) is 0 Å². The summed E-state index contributed by atoms with van der Waals surface area (Å²) in [6.45, 7) is 54.0. The molecule has 0 aliphatic rings. The summed E-state index contributed by atoms with van der Waals surface area (Å²) in [5.41, 5.74) is 0. The second-order valence-electron chi connectivity index (χ2n) is 2.21. The molecule has 0 N–H and O–H groups in total. The molecule has 0 aliphatic heterocycles. The lowest BCUT2D eigenvalue weighted by atomic mass is 10.4. The Bertz CT molecular complexity index is 178. The molecule has 0 saturated heterocycles. The van der Waals surface area contributed by atoms with Gasteiger partial charge in [-0.2, -0.15) is 0 Å². The maximum absolute atomic E-state index is 10.0. The highest BCUT2D eigenvalue weighted by atomic mass is 32.2. The summed E-state index contributed by atoms with van der Waals surface area (Å²) < 4.78 is 20.0. The topological polar surface area (TPSA) is 34.1 Å². The Kier molecular flexibility index (Phi) is 2550. The first-order valence-corrected chi connectivity index (χ1v) is 17.7. The van der Waals surface area contributed by atoms with Gasteiger partial charge in [0.25, 0.3) is 0 Å². The monoisotopic (exact) mass is 615 g/mol. The first kappa shape index (κ1) is 151. The quantitative estimate of drug-likeness (QED) is 0.290. The van der Waals surface area contributed by atoms with E-state index in [9.17, 15) is 8.42 Å². The lowest BCUT2D eigenvalue weighted by Crippen LogP contribution is -1.96. The molecule has 0 aromatic carbocycles. The van der Waals surface area contributed by atoms with E-state index in [0.29, 0.717) is 0 Å². The molecule has 12 radical (unpaired) electrons. The van der Waals surface area contributed by atoms with Crippen LogP contribution in [0.2, 0.25) is 0 Å². The van der Waals surface area contributed by atoms with Crippen molar-refractivity contribution < 1.29 is 14.1 Å². The molecular weight excluding hydrogens is 504 g/mol. The Morgan fingerprint density at radius 1 is 0.350 bits per heavy atom. The van der Waals surface area contributed by atoms with Gasteiger partial charge in [-0.3, -0.25) is 0 Å². The van der Waals surface area contributed by atoms with E-state index in [4.69, 9.17) is 0 Å². The average molecular weight is 615 g/mol. The van der Waals surface area contributed by atoms with E-state index in [2.05, 4.69) is 13.8 Å². The van der Waals surface area contributed by atoms with Gasteiger partial charge >= 0.3 is 0 Å². The van der Waals surface area contributed by atoms with Gasteiger partial charge in [0.1, 0.15) is 9.84 Å². The van der Waals surface area contributed by atoms with Gasteiger partial charge in [0, 0.05) is 51.4 Å². The van der Waals surface area contributed by atoms with Crippen LogP contribution in [-0.2, 0) is 9.84 Å². The van der Waals surface area contributed by atoms with Crippen LogP contribution >= 0.6 is 0 Å². The maximum atomic E-state index is 10.0. The van der Waals surface area contributed by atoms with E-state index in [1.807, 2.05) is 166 Å². The fourth-order valence-electron chi connectivity index (χ4n) is 0. The first-order valence-electron chi connectivity index (χ1n) is 15.7. The van der Waals surface area contributed by atoms with Crippen molar-refractivity contribution >= 4 is 43.5 Å². The van der Waals surface area contributed by atoms with Gasteiger partial charge in [0.2, 0.25) is 0 Å². The summed E-state index contributed by atoms with van der Waals surface area (Å²) in [6.07, 6.45) is 3.85. The summed E-state index contributed by atoms with van der Waals surface area (Å²) in [6, 6.07) is 0. The fraction of sp³-hybridized carbons (Fsp3) is 1.00. The number of rotatable bonds is 2. The third kappa shape index (κ3) is 2990. The number of hydrogen-bond donors (Lipinski definition) is 0. The Morgan fingerprint density at radius 2 is 0.400 bits per heavy atom. The van der Waals surface area contributed by atoms with E-state index >= 15 is 0 Å². The smallest absolute Gasteiger partial charge is 0.147 e. The van der Waals surface area contributed by atoms with Gasteiger partial charge in [0.15, 0.2) is 0 Å². The molecule has 0 rings (SSSR count). The molecule has 0 aromatic heterocycles. The molecule has 0 spiro atoms. The van der Waals surface area contributed by atoms with Crippen LogP contribution < -0.4 is 0 Å². The minimum absolute atomic E-state index is 0. The van der Waals surface area contributed by atoms with Crippen molar-refractivity contribution in [3.8, 4) is 0 Å². The highest BCUT2D eigenvalue weighted by Crippen LogP contribution is 1.76. The Morgan fingerprint density at radius 3 is 0.400 bits per heavy atom. The van der Waals surface area contributed by atoms with E-state index in [1.54, 1.807) is 6.92 Å². The van der Waals surface area contributed by atoms with Crippen molar-refractivity contribution in [2.24, 2.45) is 0 Å². The zero-order valence-electron chi connectivity index (χ0n) is 33.7. The van der Waals surface area contributed by atoms with Gasteiger partial charge in [-0.1, -0.05) is 215 Å². The highest BCUT2D eigenvalue weighted by Gasteiger charge is 1.90. The second kappa shape index (κ2) is 675. The van der Waals surface area contributed by atoms with Gasteiger partial charge < -0.3 is 0 Å². The molecule has 2 nitrogen and oxygen atoms in total. The molecule has 7 heteroatoms. The van der Waals surface area contributed by atoms with Crippen LogP contribution in [0.15, 0.2) is 0 Å². The Balaban J connectivity index is -0.00000000448. The van der Waals surface area contributed by atoms with E-state index in [1.165, 1.54) is 19.1 Å². The van der Waals surface area contributed by atoms with Gasteiger partial charge in [-0.05, 0) is 0 Å². The molecule has 0 fully saturated rings. The first-order chi connectivity index (χ1) is 16.5. The van der Waals surface area contributed by atoms with Crippen molar-refractivity contribution in [2.75, 3.05) is 12.0 Å². The van der Waals surface area contributed by atoms with Crippen molar-refractivity contribution in [1.29, 1.82) is 0 Å². The molecule has 0 aromatic rings. The molecule has 0 unspecified atom stereocenters. The van der Waals surface area contributed by atoms with E-state index in [-0.39, 0.29) is 60.0 Å². The van der Waals surface area contributed by atoms with Crippen molar-refractivity contribution in [1.82, 2.24) is 0 Å². The Hall–Kier alpha value is 0.210. The van der Waals surface area contributed by atoms with Crippen LogP contribution in [0.3, 0.4) is 0 Å². The molecular formula is C33H106B4O2S. The largest absolute Gasteiger partial charge is 0.229 e. The number of hydrogen-bond acceptors (Lipinski definition) is 2. The number of unbranched alkanes of at least 4 members (excludes halogenated alkanes) is 1. The molecule has 40 heavy (non-hydrogen) atoms. The molecule has 0 saturated carbocycles. The van der Waals surface area contributed by atoms with E-state index < -0.39 is 9.84 Å². The third-order valence-corrected chi connectivity index (χ3v) is 2.07. The van der Waals surface area contributed by atoms with Crippen molar-refractivity contribution in [3.05, 3.63) is 0 Å². The molecule has 0 aliphatic carbocycles. The van der Waals surface area contributed by atoms with Crippen LogP contribution in [0, 0.1) is 0 Å². The maximum Gasteiger partial charge on any atom is 0.147 e. The second-order valence-corrected chi connectivity index (χ2v) is 4.64. The molecule has 0 amide bonds. The van der Waals surface area contributed by atoms with Crippen LogP contribution in [-0.4, -0.2) is 54.1 Å². The fourth-order valence-corrected chi connectivity index (χ4v) is 0. The minimum atomic E-state index is -2.66. The highest BCUT2D eigenvalue weighted by molar-refractivity contribution is 7.90. The van der Waals surface area contributed by atoms with Gasteiger partial charge in [-0.15, -0.1) is 0 Å². The van der Waals surface area contributed by atoms with Crippen LogP contribution in [0.1, 0.15) is 220 Å². The zero-order chi connectivity index (χ0) is 32.6. The predicted octanol–water partition coefficient (Wildman–Crippen LogP) is 14.9. The summed E-state index contributed by atoms with van der Waals surface area (Å²) >= 11 is 0. The molecule has 0 atom stereocenters. The summed E-state index contributed by atoms with van der Waals surface area (Å²) in [7, 11) is -2.66. The lowest BCUT2D eigenvalue weighted by molar-refractivity contribution is 0.603. The standard InChI is InChI=1S/C4H10.C3H8O2S.12C2H6.2CH4.4B.4H2/c1-3-4-2;1-3-6(2,4)5;12*1-2;;;;;;;;;;/h3-4H2,1-2H3;3H2,1-2H3;12*1-2H3;2*1H4;;;;;4*1H/i;;;;;;;;;;;;;;;;;;;;4*1+1. The summed E-state index contributed by atoms with van der Waals surface area (Å²) in [5, 5.41) is 0. The lowest BCUT2D eigenvalue weighted by Gasteiger charge is -1.81. The van der Waals surface area contributed by atoms with Gasteiger partial charge in [-0.25, -0.2) is 8.42 Å². The van der Waals surface area contributed by atoms with Crippen molar-refractivity contribution in [3.63, 3.8) is 0 Å². The zero-order valence-corrected chi connectivity index (χ0v) is 34.5. The van der Waals surface area contributed by atoms with Crippen molar-refractivity contribution in [2.45, 2.75) is 215 Å². The molecule has 0 heterocycles. The summed E-state index contributed by atoms with van der Waals surface area (Å²) in [4.78, 5) is 0. The normalized spacial score (nSPS) is 4.30. The minimum Gasteiger partial charge on any atom is -0.229 e. The predicted molar refractivity (Wildman–Crippen MR) is 227 cm³/mol. The summed E-state index contributed by atoms with van der Waals surface area (Å²) in [5.74, 6) is 0.243. The third-order valence-electron chi connectivity index (χ3n) is 1.02. The van der Waals surface area contributed by atoms with E-state index in [0.717, 1.165) is 0 Å². The average Bonchev–Trinajstić information content (AvgIpc) is 3.01.